The normalized spacial score (nSPS) is 17.5. The molecule has 0 radical (unpaired) electrons. The molecule has 1 heterocycles. The van der Waals surface area contributed by atoms with Crippen LogP contribution in [0.15, 0.2) is 43.7 Å². The minimum absolute atomic E-state index is 0.000388. The molecular formula is C10H9BrN2O3S. The summed E-state index contributed by atoms with van der Waals surface area (Å²) in [4.78, 5) is 0.000388. The van der Waals surface area contributed by atoms with Crippen molar-refractivity contribution in [3.05, 3.63) is 39.3 Å². The number of benzene rings is 1. The molecule has 0 saturated heterocycles. The molecule has 0 saturated carbocycles. The number of sulfonamides is 1. The van der Waals surface area contributed by atoms with Crippen LogP contribution in [-0.4, -0.2) is 21.2 Å². The lowest BCUT2D eigenvalue weighted by Gasteiger charge is -2.06. The highest BCUT2D eigenvalue weighted by Crippen LogP contribution is 2.20. The number of hydrogen-bond donors (Lipinski definition) is 1. The van der Waals surface area contributed by atoms with Crippen LogP contribution < -0.4 is 10.5 Å². The summed E-state index contributed by atoms with van der Waals surface area (Å²) < 4.78 is 32.4. The van der Waals surface area contributed by atoms with Gasteiger partial charge in [0.15, 0.2) is 0 Å². The number of nitrogens with zero attached hydrogens (tertiary/aromatic N) is 1. The Morgan fingerprint density at radius 3 is 2.47 bits per heavy atom. The van der Waals surface area contributed by atoms with Gasteiger partial charge in [-0.25, -0.2) is 0 Å². The zero-order valence-corrected chi connectivity index (χ0v) is 11.0. The third-order valence-electron chi connectivity index (χ3n) is 2.15. The van der Waals surface area contributed by atoms with Gasteiger partial charge in [0.05, 0.1) is 11.9 Å². The van der Waals surface area contributed by atoms with Crippen LogP contribution in [0.2, 0.25) is 0 Å². The fourth-order valence-corrected chi connectivity index (χ4v) is 2.45. The van der Waals surface area contributed by atoms with E-state index in [9.17, 15) is 8.42 Å². The number of nitrogens with two attached hydrogens (primary N) is 1. The molecule has 90 valence electrons. The third kappa shape index (κ3) is 2.67. The first kappa shape index (κ1) is 12.1. The van der Waals surface area contributed by atoms with Crippen molar-refractivity contribution in [1.82, 2.24) is 0 Å². The summed E-state index contributed by atoms with van der Waals surface area (Å²) >= 11 is 3.29. The van der Waals surface area contributed by atoms with Crippen LogP contribution in [0.5, 0.6) is 5.75 Å². The van der Waals surface area contributed by atoms with Gasteiger partial charge in [-0.3, -0.25) is 0 Å². The Hall–Kier alpha value is -1.34. The molecule has 1 aromatic carbocycles. The SMILES string of the molecule is NC1=C(COc2ccc(Br)cc2)S(=O)(=O)N=C1. The number of ether oxygens (including phenoxy) is 1. The second-order valence-corrected chi connectivity index (χ2v) is 5.90. The molecule has 1 aliphatic rings. The molecular weight excluding hydrogens is 308 g/mol. The zero-order chi connectivity index (χ0) is 12.5. The fraction of sp³-hybridized carbons (Fsp3) is 0.100. The van der Waals surface area contributed by atoms with E-state index in [1.54, 1.807) is 24.3 Å². The maximum Gasteiger partial charge on any atom is 0.284 e. The first-order valence-corrected chi connectivity index (χ1v) is 6.90. The first-order valence-electron chi connectivity index (χ1n) is 4.66. The molecule has 2 N–H and O–H groups in total. The summed E-state index contributed by atoms with van der Waals surface area (Å²) in [6.07, 6.45) is 1.12. The molecule has 1 aliphatic heterocycles. The molecule has 17 heavy (non-hydrogen) atoms. The van der Waals surface area contributed by atoms with Crippen LogP contribution in [0.3, 0.4) is 0 Å². The van der Waals surface area contributed by atoms with Gasteiger partial charge in [-0.05, 0) is 24.3 Å². The van der Waals surface area contributed by atoms with Crippen molar-refractivity contribution in [2.45, 2.75) is 0 Å². The predicted molar refractivity (Wildman–Crippen MR) is 68.3 cm³/mol. The third-order valence-corrected chi connectivity index (χ3v) is 4.04. The number of allylic oxidation sites excluding steroid dienone is 1. The van der Waals surface area contributed by atoms with Gasteiger partial charge in [0.25, 0.3) is 10.0 Å². The molecule has 1 aromatic rings. The van der Waals surface area contributed by atoms with Gasteiger partial charge >= 0.3 is 0 Å². The molecule has 7 heteroatoms. The number of halogens is 1. The van der Waals surface area contributed by atoms with Gasteiger partial charge in [-0.2, -0.15) is 12.8 Å². The maximum atomic E-state index is 11.4. The largest absolute Gasteiger partial charge is 0.488 e. The van der Waals surface area contributed by atoms with E-state index in [2.05, 4.69) is 20.3 Å². The van der Waals surface area contributed by atoms with Crippen molar-refractivity contribution >= 4 is 32.2 Å². The quantitative estimate of drug-likeness (QED) is 0.914. The molecule has 0 aliphatic carbocycles. The number of rotatable bonds is 3. The second kappa shape index (κ2) is 4.50. The van der Waals surface area contributed by atoms with E-state index in [0.717, 1.165) is 10.7 Å². The Kier molecular flexibility index (Phi) is 3.21. The Balaban J connectivity index is 2.10. The van der Waals surface area contributed by atoms with Gasteiger partial charge in [0.1, 0.15) is 17.3 Å². The highest BCUT2D eigenvalue weighted by Gasteiger charge is 2.24. The van der Waals surface area contributed by atoms with Gasteiger partial charge in [-0.15, -0.1) is 0 Å². The van der Waals surface area contributed by atoms with Crippen LogP contribution >= 0.6 is 15.9 Å². The van der Waals surface area contributed by atoms with Crippen LogP contribution in [0.1, 0.15) is 0 Å². The summed E-state index contributed by atoms with van der Waals surface area (Å²) in [6, 6.07) is 7.05. The Morgan fingerprint density at radius 2 is 1.94 bits per heavy atom. The molecule has 2 rings (SSSR count). The van der Waals surface area contributed by atoms with Gasteiger partial charge < -0.3 is 10.5 Å². The second-order valence-electron chi connectivity index (χ2n) is 3.33. The van der Waals surface area contributed by atoms with Crippen molar-refractivity contribution < 1.29 is 13.2 Å². The summed E-state index contributed by atoms with van der Waals surface area (Å²) in [5, 5.41) is 0. The van der Waals surface area contributed by atoms with Crippen molar-refractivity contribution in [2.24, 2.45) is 10.1 Å². The lowest BCUT2D eigenvalue weighted by Crippen LogP contribution is -2.12. The summed E-state index contributed by atoms with van der Waals surface area (Å²) in [6.45, 7) is -0.115. The standard InChI is InChI=1S/C10H9BrN2O3S/c11-7-1-3-8(4-2-7)16-6-10-9(12)5-13-17(10,14)15/h1-5H,6,12H2. The molecule has 5 nitrogen and oxygen atoms in total. The predicted octanol–water partition coefficient (Wildman–Crippen LogP) is 1.41. The van der Waals surface area contributed by atoms with E-state index in [4.69, 9.17) is 10.5 Å². The zero-order valence-electron chi connectivity index (χ0n) is 8.63. The lowest BCUT2D eigenvalue weighted by molar-refractivity contribution is 0.357. The van der Waals surface area contributed by atoms with Crippen molar-refractivity contribution in [3.8, 4) is 5.75 Å². The van der Waals surface area contributed by atoms with Crippen LogP contribution in [-0.2, 0) is 10.0 Å². The Morgan fingerprint density at radius 1 is 1.29 bits per heavy atom. The lowest BCUT2D eigenvalue weighted by atomic mass is 10.3. The summed E-state index contributed by atoms with van der Waals surface area (Å²) in [5.41, 5.74) is 5.63. The van der Waals surface area contributed by atoms with Crippen molar-refractivity contribution in [1.29, 1.82) is 0 Å². The van der Waals surface area contributed by atoms with Gasteiger partial charge in [0.2, 0.25) is 0 Å². The minimum Gasteiger partial charge on any atom is -0.488 e. The van der Waals surface area contributed by atoms with Crippen LogP contribution in [0.4, 0.5) is 0 Å². The molecule has 0 amide bonds. The fourth-order valence-electron chi connectivity index (χ4n) is 1.25. The Labute approximate surface area is 107 Å². The topological polar surface area (TPSA) is 81.8 Å². The van der Waals surface area contributed by atoms with E-state index in [1.165, 1.54) is 0 Å². The average molecular weight is 317 g/mol. The summed E-state index contributed by atoms with van der Waals surface area (Å²) in [7, 11) is -3.62. The molecule has 0 bridgehead atoms. The molecule has 0 unspecified atom stereocenters. The van der Waals surface area contributed by atoms with Crippen LogP contribution in [0.25, 0.3) is 0 Å². The monoisotopic (exact) mass is 316 g/mol. The van der Waals surface area contributed by atoms with Crippen LogP contribution in [0, 0.1) is 0 Å². The van der Waals surface area contributed by atoms with Gasteiger partial charge in [0, 0.05) is 4.47 Å². The van der Waals surface area contributed by atoms with E-state index in [-0.39, 0.29) is 17.2 Å². The van der Waals surface area contributed by atoms with E-state index in [0.29, 0.717) is 5.75 Å². The molecule has 0 spiro atoms. The highest BCUT2D eigenvalue weighted by molar-refractivity contribution is 9.10. The van der Waals surface area contributed by atoms with Crippen molar-refractivity contribution in [2.75, 3.05) is 6.61 Å². The molecule has 0 atom stereocenters. The van der Waals surface area contributed by atoms with Gasteiger partial charge in [-0.1, -0.05) is 15.9 Å². The molecule has 0 fully saturated rings. The summed E-state index contributed by atoms with van der Waals surface area (Å²) in [5.74, 6) is 0.565. The van der Waals surface area contributed by atoms with E-state index < -0.39 is 10.0 Å². The Bertz CT molecular complexity index is 590. The van der Waals surface area contributed by atoms with E-state index >= 15 is 0 Å². The smallest absolute Gasteiger partial charge is 0.284 e. The number of hydrogen-bond acceptors (Lipinski definition) is 4. The highest BCUT2D eigenvalue weighted by atomic mass is 79.9. The van der Waals surface area contributed by atoms with E-state index in [1.807, 2.05) is 0 Å². The first-order chi connectivity index (χ1) is 7.99. The van der Waals surface area contributed by atoms with Crippen molar-refractivity contribution in [3.63, 3.8) is 0 Å². The average Bonchev–Trinajstić information content (AvgIpc) is 2.53. The maximum absolute atomic E-state index is 11.4. The minimum atomic E-state index is -3.62. The molecule has 0 aromatic heterocycles.